The molecule has 0 fully saturated rings. The molecule has 0 saturated heterocycles. The molecule has 0 aliphatic heterocycles. The van der Waals surface area contributed by atoms with E-state index in [-0.39, 0.29) is 12.4 Å². The van der Waals surface area contributed by atoms with E-state index in [2.05, 4.69) is 20.9 Å². The Kier molecular flexibility index (Phi) is 4.55. The summed E-state index contributed by atoms with van der Waals surface area (Å²) in [6.45, 7) is 0.214. The molecule has 0 bridgehead atoms. The molecule has 94 valence electrons. The maximum Gasteiger partial charge on any atom is 0.138 e. The Bertz CT molecular complexity index is 533. The van der Waals surface area contributed by atoms with Crippen LogP contribution in [0.15, 0.2) is 36.5 Å². The number of benzene rings is 1. The normalized spacial score (nSPS) is 10.4. The molecule has 0 amide bonds. The van der Waals surface area contributed by atoms with Crippen LogP contribution in [0, 0.1) is 5.82 Å². The lowest BCUT2D eigenvalue weighted by Gasteiger charge is -2.08. The first-order chi connectivity index (χ1) is 8.69. The molecule has 0 N–H and O–H groups in total. The van der Waals surface area contributed by atoms with Crippen LogP contribution < -0.4 is 4.74 Å². The van der Waals surface area contributed by atoms with Crippen LogP contribution >= 0.6 is 27.5 Å². The highest BCUT2D eigenvalue weighted by Gasteiger charge is 2.03. The molecule has 0 atom stereocenters. The van der Waals surface area contributed by atoms with E-state index in [0.29, 0.717) is 21.7 Å². The highest BCUT2D eigenvalue weighted by molar-refractivity contribution is 9.08. The van der Waals surface area contributed by atoms with Gasteiger partial charge in [0, 0.05) is 15.9 Å². The zero-order valence-electron chi connectivity index (χ0n) is 9.37. The molecule has 2 rings (SSSR count). The minimum atomic E-state index is -0.328. The molecular formula is C13H10BrClFNO. The van der Waals surface area contributed by atoms with Gasteiger partial charge in [-0.1, -0.05) is 27.5 Å². The smallest absolute Gasteiger partial charge is 0.138 e. The first kappa shape index (κ1) is 13.3. The standard InChI is InChI=1S/C13H10BrClFNO/c14-6-11-2-3-12(7-17-11)18-8-9-5-10(16)1-4-13(9)15/h1-5,7H,6,8H2. The average molecular weight is 331 g/mol. The van der Waals surface area contributed by atoms with E-state index in [1.54, 1.807) is 6.20 Å². The number of rotatable bonds is 4. The van der Waals surface area contributed by atoms with Crippen molar-refractivity contribution < 1.29 is 9.13 Å². The Labute approximate surface area is 118 Å². The van der Waals surface area contributed by atoms with Crippen molar-refractivity contribution in [3.05, 3.63) is 58.6 Å². The largest absolute Gasteiger partial charge is 0.487 e. The molecule has 0 unspecified atom stereocenters. The highest BCUT2D eigenvalue weighted by Crippen LogP contribution is 2.19. The van der Waals surface area contributed by atoms with E-state index in [9.17, 15) is 4.39 Å². The summed E-state index contributed by atoms with van der Waals surface area (Å²) in [5, 5.41) is 1.18. The van der Waals surface area contributed by atoms with E-state index < -0.39 is 0 Å². The fraction of sp³-hybridized carbons (Fsp3) is 0.154. The number of aromatic nitrogens is 1. The third-order valence-electron chi connectivity index (χ3n) is 2.34. The van der Waals surface area contributed by atoms with Gasteiger partial charge in [0.15, 0.2) is 0 Å². The lowest BCUT2D eigenvalue weighted by molar-refractivity contribution is 0.304. The maximum atomic E-state index is 13.0. The van der Waals surface area contributed by atoms with Crippen LogP contribution in [0.25, 0.3) is 0 Å². The second-order valence-electron chi connectivity index (χ2n) is 3.64. The molecule has 2 aromatic rings. The van der Waals surface area contributed by atoms with Crippen LogP contribution in [0.3, 0.4) is 0 Å². The number of hydrogen-bond donors (Lipinski definition) is 0. The van der Waals surface area contributed by atoms with E-state index in [4.69, 9.17) is 16.3 Å². The van der Waals surface area contributed by atoms with Gasteiger partial charge in [-0.15, -0.1) is 0 Å². The van der Waals surface area contributed by atoms with Crippen molar-refractivity contribution in [2.24, 2.45) is 0 Å². The summed E-state index contributed by atoms with van der Waals surface area (Å²) in [6, 6.07) is 7.87. The van der Waals surface area contributed by atoms with Crippen molar-refractivity contribution in [1.29, 1.82) is 0 Å². The van der Waals surface area contributed by atoms with E-state index in [1.165, 1.54) is 18.2 Å². The van der Waals surface area contributed by atoms with Gasteiger partial charge >= 0.3 is 0 Å². The highest BCUT2D eigenvalue weighted by atomic mass is 79.9. The first-order valence-electron chi connectivity index (χ1n) is 5.26. The third-order valence-corrected chi connectivity index (χ3v) is 3.28. The van der Waals surface area contributed by atoms with Gasteiger partial charge in [0.05, 0.1) is 11.9 Å². The molecule has 0 saturated carbocycles. The predicted octanol–water partition coefficient (Wildman–Crippen LogP) is 4.35. The molecule has 0 spiro atoms. The van der Waals surface area contributed by atoms with E-state index in [0.717, 1.165) is 5.69 Å². The van der Waals surface area contributed by atoms with E-state index >= 15 is 0 Å². The molecule has 0 aliphatic carbocycles. The van der Waals surface area contributed by atoms with Gasteiger partial charge in [-0.2, -0.15) is 0 Å². The molecule has 18 heavy (non-hydrogen) atoms. The van der Waals surface area contributed by atoms with Crippen LogP contribution in [0.4, 0.5) is 4.39 Å². The molecule has 1 aromatic carbocycles. The second kappa shape index (κ2) is 6.16. The van der Waals surface area contributed by atoms with Crippen molar-refractivity contribution in [3.8, 4) is 5.75 Å². The molecule has 0 aliphatic rings. The van der Waals surface area contributed by atoms with Crippen LogP contribution in [0.2, 0.25) is 5.02 Å². The van der Waals surface area contributed by atoms with Crippen molar-refractivity contribution in [2.75, 3.05) is 0 Å². The number of halogens is 3. The molecular weight excluding hydrogens is 321 g/mol. The zero-order chi connectivity index (χ0) is 13.0. The minimum Gasteiger partial charge on any atom is -0.487 e. The summed E-state index contributed by atoms with van der Waals surface area (Å²) in [7, 11) is 0. The summed E-state index contributed by atoms with van der Waals surface area (Å²) in [6.07, 6.45) is 1.63. The summed E-state index contributed by atoms with van der Waals surface area (Å²) in [5.74, 6) is 0.297. The summed E-state index contributed by atoms with van der Waals surface area (Å²) >= 11 is 9.25. The second-order valence-corrected chi connectivity index (χ2v) is 4.61. The van der Waals surface area contributed by atoms with Crippen LogP contribution in [-0.2, 0) is 11.9 Å². The van der Waals surface area contributed by atoms with Gasteiger partial charge < -0.3 is 4.74 Å². The number of ether oxygens (including phenoxy) is 1. The maximum absolute atomic E-state index is 13.0. The molecule has 1 heterocycles. The van der Waals surface area contributed by atoms with Gasteiger partial charge in [-0.3, -0.25) is 4.98 Å². The van der Waals surface area contributed by atoms with Crippen LogP contribution in [0.5, 0.6) is 5.75 Å². The average Bonchev–Trinajstić information content (AvgIpc) is 2.40. The Hall–Kier alpha value is -1.13. The monoisotopic (exact) mass is 329 g/mol. The topological polar surface area (TPSA) is 22.1 Å². The number of pyridine rings is 1. The SMILES string of the molecule is Fc1ccc(Cl)c(COc2ccc(CBr)nc2)c1. The van der Waals surface area contributed by atoms with Gasteiger partial charge in [-0.25, -0.2) is 4.39 Å². The van der Waals surface area contributed by atoms with E-state index in [1.807, 2.05) is 12.1 Å². The summed E-state index contributed by atoms with van der Waals surface area (Å²) in [4.78, 5) is 4.17. The van der Waals surface area contributed by atoms with Gasteiger partial charge in [0.25, 0.3) is 0 Å². The number of alkyl halides is 1. The lowest BCUT2D eigenvalue weighted by Crippen LogP contribution is -1.98. The summed E-state index contributed by atoms with van der Waals surface area (Å²) in [5.41, 5.74) is 1.53. The Morgan fingerprint density at radius 3 is 2.78 bits per heavy atom. The Morgan fingerprint density at radius 1 is 1.28 bits per heavy atom. The lowest BCUT2D eigenvalue weighted by atomic mass is 10.2. The van der Waals surface area contributed by atoms with Crippen molar-refractivity contribution in [1.82, 2.24) is 4.98 Å². The Balaban J connectivity index is 2.04. The number of hydrogen-bond acceptors (Lipinski definition) is 2. The number of nitrogens with zero attached hydrogens (tertiary/aromatic N) is 1. The van der Waals surface area contributed by atoms with Gasteiger partial charge in [0.1, 0.15) is 18.2 Å². The van der Waals surface area contributed by atoms with Gasteiger partial charge in [-0.05, 0) is 30.3 Å². The molecule has 5 heteroatoms. The fourth-order valence-electron chi connectivity index (χ4n) is 1.39. The van der Waals surface area contributed by atoms with Crippen molar-refractivity contribution >= 4 is 27.5 Å². The zero-order valence-corrected chi connectivity index (χ0v) is 11.7. The van der Waals surface area contributed by atoms with Gasteiger partial charge in [0.2, 0.25) is 0 Å². The van der Waals surface area contributed by atoms with Crippen molar-refractivity contribution in [3.63, 3.8) is 0 Å². The third kappa shape index (κ3) is 3.43. The van der Waals surface area contributed by atoms with Crippen LogP contribution in [0.1, 0.15) is 11.3 Å². The van der Waals surface area contributed by atoms with Crippen LogP contribution in [-0.4, -0.2) is 4.98 Å². The molecule has 2 nitrogen and oxygen atoms in total. The summed E-state index contributed by atoms with van der Waals surface area (Å²) < 4.78 is 18.5. The predicted molar refractivity (Wildman–Crippen MR) is 72.6 cm³/mol. The molecule has 1 aromatic heterocycles. The minimum absolute atomic E-state index is 0.214. The first-order valence-corrected chi connectivity index (χ1v) is 6.76. The Morgan fingerprint density at radius 2 is 2.11 bits per heavy atom. The quantitative estimate of drug-likeness (QED) is 0.778. The fourth-order valence-corrected chi connectivity index (χ4v) is 1.89. The van der Waals surface area contributed by atoms with Crippen molar-refractivity contribution in [2.45, 2.75) is 11.9 Å². The molecule has 0 radical (unpaired) electrons.